The minimum atomic E-state index is -0.453. The number of hydrogen-bond acceptors (Lipinski definition) is 6. The lowest BCUT2D eigenvalue weighted by Gasteiger charge is -2.23. The van der Waals surface area contributed by atoms with Crippen LogP contribution in [0.3, 0.4) is 0 Å². The standard InChI is InChI=1S/C13H22N4O2S/c1-13(2,3)19-12(18)14-7-9-5-4-6-10(9)16-11-8-15-17-20-11/h8-10,16H,4-7H2,1-3H3,(H,14,18). The molecule has 0 radical (unpaired) electrons. The summed E-state index contributed by atoms with van der Waals surface area (Å²) in [4.78, 5) is 11.7. The molecule has 6 nitrogen and oxygen atoms in total. The predicted octanol–water partition coefficient (Wildman–Crippen LogP) is 2.64. The van der Waals surface area contributed by atoms with Crippen molar-refractivity contribution in [2.24, 2.45) is 5.92 Å². The van der Waals surface area contributed by atoms with E-state index in [9.17, 15) is 4.79 Å². The van der Waals surface area contributed by atoms with Gasteiger partial charge in [0.15, 0.2) is 0 Å². The van der Waals surface area contributed by atoms with E-state index >= 15 is 0 Å². The van der Waals surface area contributed by atoms with E-state index in [-0.39, 0.29) is 6.09 Å². The first-order chi connectivity index (χ1) is 9.44. The Labute approximate surface area is 123 Å². The lowest BCUT2D eigenvalue weighted by molar-refractivity contribution is 0.0519. The highest BCUT2D eigenvalue weighted by molar-refractivity contribution is 7.09. The molecule has 0 spiro atoms. The first-order valence-corrected chi connectivity index (χ1v) is 7.72. The second kappa shape index (κ2) is 6.39. The van der Waals surface area contributed by atoms with Gasteiger partial charge in [-0.25, -0.2) is 4.79 Å². The van der Waals surface area contributed by atoms with Crippen molar-refractivity contribution in [2.75, 3.05) is 11.9 Å². The summed E-state index contributed by atoms with van der Waals surface area (Å²) in [7, 11) is 0. The van der Waals surface area contributed by atoms with E-state index < -0.39 is 5.60 Å². The zero-order valence-electron chi connectivity index (χ0n) is 12.2. The third kappa shape index (κ3) is 4.63. The van der Waals surface area contributed by atoms with Crippen LogP contribution in [0.25, 0.3) is 0 Å². The molecule has 1 aromatic heterocycles. The molecule has 2 rings (SSSR count). The summed E-state index contributed by atoms with van der Waals surface area (Å²) >= 11 is 1.36. The Morgan fingerprint density at radius 3 is 2.95 bits per heavy atom. The van der Waals surface area contributed by atoms with Crippen LogP contribution < -0.4 is 10.6 Å². The average molecular weight is 298 g/mol. The van der Waals surface area contributed by atoms with Crippen molar-refractivity contribution in [1.82, 2.24) is 14.9 Å². The molecule has 0 aromatic carbocycles. The number of nitrogens with zero attached hydrogens (tertiary/aromatic N) is 2. The molecular weight excluding hydrogens is 276 g/mol. The average Bonchev–Trinajstić information content (AvgIpc) is 2.96. The smallest absolute Gasteiger partial charge is 0.407 e. The van der Waals surface area contributed by atoms with Gasteiger partial charge < -0.3 is 15.4 Å². The molecule has 2 unspecified atom stereocenters. The molecule has 0 saturated heterocycles. The SMILES string of the molecule is CC(C)(C)OC(=O)NCC1CCCC1Nc1cnns1. The summed E-state index contributed by atoms with van der Waals surface area (Å²) < 4.78 is 9.09. The first kappa shape index (κ1) is 15.0. The topological polar surface area (TPSA) is 76.1 Å². The molecule has 1 fully saturated rings. The lowest BCUT2D eigenvalue weighted by atomic mass is 10.0. The third-order valence-corrected chi connectivity index (χ3v) is 3.85. The maximum Gasteiger partial charge on any atom is 0.407 e. The maximum absolute atomic E-state index is 11.7. The van der Waals surface area contributed by atoms with E-state index in [1.165, 1.54) is 18.0 Å². The Hall–Kier alpha value is -1.37. The molecule has 1 amide bonds. The van der Waals surface area contributed by atoms with Gasteiger partial charge in [-0.05, 0) is 39.5 Å². The first-order valence-electron chi connectivity index (χ1n) is 6.95. The number of ether oxygens (including phenoxy) is 1. The van der Waals surface area contributed by atoms with Crippen molar-refractivity contribution >= 4 is 22.6 Å². The van der Waals surface area contributed by atoms with E-state index in [1.807, 2.05) is 20.8 Å². The van der Waals surface area contributed by atoms with Crippen LogP contribution in [0, 0.1) is 5.92 Å². The monoisotopic (exact) mass is 298 g/mol. The molecular formula is C13H22N4O2S. The molecule has 1 saturated carbocycles. The molecule has 2 N–H and O–H groups in total. The van der Waals surface area contributed by atoms with E-state index in [0.717, 1.165) is 17.8 Å². The van der Waals surface area contributed by atoms with Gasteiger partial charge in [-0.1, -0.05) is 10.9 Å². The molecule has 1 aliphatic carbocycles. The fraction of sp³-hybridized carbons (Fsp3) is 0.769. The van der Waals surface area contributed by atoms with Gasteiger partial charge >= 0.3 is 6.09 Å². The number of carbonyl (C=O) groups is 1. The summed E-state index contributed by atoms with van der Waals surface area (Å²) in [6, 6.07) is 0.368. The largest absolute Gasteiger partial charge is 0.444 e. The van der Waals surface area contributed by atoms with Gasteiger partial charge in [-0.3, -0.25) is 0 Å². The highest BCUT2D eigenvalue weighted by atomic mass is 32.1. The quantitative estimate of drug-likeness (QED) is 0.893. The molecule has 2 atom stereocenters. The molecule has 112 valence electrons. The molecule has 0 aliphatic heterocycles. The normalized spacial score (nSPS) is 22.6. The number of carbonyl (C=O) groups excluding carboxylic acids is 1. The molecule has 1 aliphatic rings. The van der Waals surface area contributed by atoms with Gasteiger partial charge in [0.1, 0.15) is 10.6 Å². The molecule has 0 bridgehead atoms. The van der Waals surface area contributed by atoms with Crippen LogP contribution in [0.4, 0.5) is 9.80 Å². The molecule has 1 aromatic rings. The van der Waals surface area contributed by atoms with Crippen LogP contribution in [0.5, 0.6) is 0 Å². The lowest BCUT2D eigenvalue weighted by Crippen LogP contribution is -2.38. The van der Waals surface area contributed by atoms with Gasteiger partial charge in [-0.15, -0.1) is 5.10 Å². The summed E-state index contributed by atoms with van der Waals surface area (Å²) in [5.41, 5.74) is -0.453. The third-order valence-electron chi connectivity index (χ3n) is 3.26. The second-order valence-corrected chi connectivity index (χ2v) is 6.89. The van der Waals surface area contributed by atoms with Gasteiger partial charge in [0.05, 0.1) is 6.20 Å². The van der Waals surface area contributed by atoms with Crippen LogP contribution in [0.15, 0.2) is 6.20 Å². The minimum Gasteiger partial charge on any atom is -0.444 e. The van der Waals surface area contributed by atoms with Gasteiger partial charge in [-0.2, -0.15) is 0 Å². The number of aromatic nitrogens is 2. The van der Waals surface area contributed by atoms with Crippen molar-refractivity contribution in [2.45, 2.75) is 51.7 Å². The fourth-order valence-corrected chi connectivity index (χ4v) is 2.89. The summed E-state index contributed by atoms with van der Waals surface area (Å²) in [5.74, 6) is 0.421. The maximum atomic E-state index is 11.7. The van der Waals surface area contributed by atoms with E-state index in [1.54, 1.807) is 6.20 Å². The number of nitrogens with one attached hydrogen (secondary N) is 2. The van der Waals surface area contributed by atoms with Crippen molar-refractivity contribution in [3.63, 3.8) is 0 Å². The second-order valence-electron chi connectivity index (χ2n) is 6.11. The van der Waals surface area contributed by atoms with Crippen molar-refractivity contribution in [1.29, 1.82) is 0 Å². The zero-order valence-corrected chi connectivity index (χ0v) is 13.0. The predicted molar refractivity (Wildman–Crippen MR) is 78.9 cm³/mol. The van der Waals surface area contributed by atoms with Crippen LogP contribution in [-0.4, -0.2) is 33.9 Å². The van der Waals surface area contributed by atoms with Gasteiger partial charge in [0.25, 0.3) is 0 Å². The molecule has 1 heterocycles. The Bertz CT molecular complexity index is 430. The fourth-order valence-electron chi connectivity index (χ4n) is 2.41. The number of amides is 1. The van der Waals surface area contributed by atoms with Crippen molar-refractivity contribution in [3.8, 4) is 0 Å². The summed E-state index contributed by atoms with van der Waals surface area (Å²) in [6.07, 6.45) is 4.78. The highest BCUT2D eigenvalue weighted by Gasteiger charge is 2.28. The van der Waals surface area contributed by atoms with Crippen molar-refractivity contribution in [3.05, 3.63) is 6.20 Å². The van der Waals surface area contributed by atoms with E-state index in [0.29, 0.717) is 18.5 Å². The van der Waals surface area contributed by atoms with Gasteiger partial charge in [0, 0.05) is 24.1 Å². The zero-order chi connectivity index (χ0) is 14.6. The number of hydrogen-bond donors (Lipinski definition) is 2. The Balaban J connectivity index is 1.78. The number of alkyl carbamates (subject to hydrolysis) is 1. The highest BCUT2D eigenvalue weighted by Crippen LogP contribution is 2.28. The summed E-state index contributed by atoms with van der Waals surface area (Å²) in [5, 5.41) is 11.1. The number of anilines is 1. The van der Waals surface area contributed by atoms with Crippen molar-refractivity contribution < 1.29 is 9.53 Å². The van der Waals surface area contributed by atoms with Crippen LogP contribution >= 0.6 is 11.5 Å². The Kier molecular flexibility index (Phi) is 4.80. The number of rotatable bonds is 4. The summed E-state index contributed by atoms with van der Waals surface area (Å²) in [6.45, 7) is 6.23. The Morgan fingerprint density at radius 1 is 1.50 bits per heavy atom. The Morgan fingerprint density at radius 2 is 2.30 bits per heavy atom. The van der Waals surface area contributed by atoms with Crippen LogP contribution in [0.2, 0.25) is 0 Å². The van der Waals surface area contributed by atoms with E-state index in [4.69, 9.17) is 4.74 Å². The molecule has 7 heteroatoms. The van der Waals surface area contributed by atoms with Crippen LogP contribution in [-0.2, 0) is 4.74 Å². The van der Waals surface area contributed by atoms with E-state index in [2.05, 4.69) is 20.2 Å². The molecule has 20 heavy (non-hydrogen) atoms. The van der Waals surface area contributed by atoms with Gasteiger partial charge in [0.2, 0.25) is 0 Å². The minimum absolute atomic E-state index is 0.345. The van der Waals surface area contributed by atoms with Crippen LogP contribution in [0.1, 0.15) is 40.0 Å².